The van der Waals surface area contributed by atoms with Crippen LogP contribution in [-0.4, -0.2) is 100 Å². The molecule has 79 heavy (non-hydrogen) atoms. The first-order chi connectivity index (χ1) is 38.7. The number of amides is 1. The van der Waals surface area contributed by atoms with Crippen LogP contribution in [0.25, 0.3) is 0 Å². The summed E-state index contributed by atoms with van der Waals surface area (Å²) in [6.07, 6.45) is 62.7. The molecule has 7 atom stereocenters. The predicted molar refractivity (Wildman–Crippen MR) is 329 cm³/mol. The third-order valence-corrected chi connectivity index (χ3v) is 16.0. The normalized spacial score (nSPS) is 18.6. The summed E-state index contributed by atoms with van der Waals surface area (Å²) in [6.45, 7) is 4.35. The second kappa shape index (κ2) is 57.7. The van der Waals surface area contributed by atoms with Gasteiger partial charge in [0.1, 0.15) is 24.4 Å². The van der Waals surface area contributed by atoms with Gasteiger partial charge in [-0.2, -0.15) is 0 Å². The number of unbranched alkanes of at least 4 members (excludes halogenated alkanes) is 41. The van der Waals surface area contributed by atoms with Crippen molar-refractivity contribution in [3.63, 3.8) is 0 Å². The minimum atomic E-state index is -1.57. The number of ether oxygens (including phenoxy) is 3. The topological polar surface area (TPSA) is 175 Å². The Morgan fingerprint density at radius 3 is 1.28 bits per heavy atom. The van der Waals surface area contributed by atoms with Crippen LogP contribution in [0.15, 0.2) is 36.5 Å². The summed E-state index contributed by atoms with van der Waals surface area (Å²) in [7, 11) is 0. The zero-order valence-electron chi connectivity index (χ0n) is 51.3. The van der Waals surface area contributed by atoms with Crippen LogP contribution in [0.2, 0.25) is 0 Å². The van der Waals surface area contributed by atoms with Crippen molar-refractivity contribution in [2.45, 2.75) is 365 Å². The molecule has 11 heteroatoms. The Bertz CT molecular complexity index is 1410. The largest absolute Gasteiger partial charge is 0.466 e. The van der Waals surface area contributed by atoms with Crippen molar-refractivity contribution in [2.24, 2.45) is 0 Å². The SMILES string of the molecule is CCCCCCCCCCC/C=C/C(O)C(COC1OC(CO)C(O)C(O)C1O)NC(=O)CCCCCCCCCCCCCCC/C=C\C/C=C\CCCCCCCCCCCOC(=O)CCCCCCCCCCCCC. The van der Waals surface area contributed by atoms with Crippen molar-refractivity contribution in [2.75, 3.05) is 19.8 Å². The van der Waals surface area contributed by atoms with Crippen molar-refractivity contribution in [3.8, 4) is 0 Å². The van der Waals surface area contributed by atoms with Gasteiger partial charge in [0.15, 0.2) is 6.29 Å². The van der Waals surface area contributed by atoms with Crippen LogP contribution in [0.1, 0.15) is 322 Å². The number of aliphatic hydroxyl groups is 5. The lowest BCUT2D eigenvalue weighted by molar-refractivity contribution is -0.302. The van der Waals surface area contributed by atoms with Gasteiger partial charge in [0, 0.05) is 12.8 Å². The maximum atomic E-state index is 13.0. The summed E-state index contributed by atoms with van der Waals surface area (Å²) in [5, 5.41) is 54.4. The monoisotopic (exact) mass is 1120 g/mol. The molecule has 0 aromatic rings. The molecule has 7 unspecified atom stereocenters. The summed E-state index contributed by atoms with van der Waals surface area (Å²) >= 11 is 0. The van der Waals surface area contributed by atoms with Crippen molar-refractivity contribution in [1.82, 2.24) is 5.32 Å². The molecule has 1 saturated heterocycles. The average Bonchev–Trinajstić information content (AvgIpc) is 3.49. The van der Waals surface area contributed by atoms with E-state index in [0.717, 1.165) is 64.2 Å². The van der Waals surface area contributed by atoms with E-state index in [2.05, 4.69) is 43.5 Å². The highest BCUT2D eigenvalue weighted by molar-refractivity contribution is 5.76. The molecule has 1 rings (SSSR count). The fourth-order valence-electron chi connectivity index (χ4n) is 10.6. The molecule has 0 saturated carbocycles. The fourth-order valence-corrected chi connectivity index (χ4v) is 10.6. The van der Waals surface area contributed by atoms with Crippen LogP contribution in [0.5, 0.6) is 0 Å². The zero-order chi connectivity index (χ0) is 57.3. The quantitative estimate of drug-likeness (QED) is 0.0195. The number of hydrogen-bond donors (Lipinski definition) is 6. The summed E-state index contributed by atoms with van der Waals surface area (Å²) in [6, 6.07) is -0.810. The smallest absolute Gasteiger partial charge is 0.305 e. The van der Waals surface area contributed by atoms with Gasteiger partial charge in [-0.3, -0.25) is 9.59 Å². The van der Waals surface area contributed by atoms with Crippen molar-refractivity contribution in [3.05, 3.63) is 36.5 Å². The fraction of sp³-hybridized carbons (Fsp3) is 0.882. The molecule has 1 amide bonds. The molecule has 1 aliphatic heterocycles. The van der Waals surface area contributed by atoms with Crippen LogP contribution in [0, 0.1) is 0 Å². The summed E-state index contributed by atoms with van der Waals surface area (Å²) in [5.74, 6) is -0.179. The third-order valence-electron chi connectivity index (χ3n) is 16.0. The molecule has 6 N–H and O–H groups in total. The van der Waals surface area contributed by atoms with E-state index in [0.29, 0.717) is 19.4 Å². The standard InChI is InChI=1S/C68H127NO10/c1-3-5-7-9-11-13-34-38-42-46-50-54-61(71)60(59-78-68-67(76)66(75)65(74)62(58-70)79-68)69-63(72)55-51-47-43-39-36-32-30-28-26-24-22-20-18-16-15-17-19-21-23-25-27-29-31-33-37-41-45-49-53-57-77-64(73)56-52-48-44-40-35-14-12-10-8-6-4-2/h15,17,21,23,50,54,60-62,65-68,70-71,74-76H,3-14,16,18-20,22,24-49,51-53,55-59H2,1-2H3,(H,69,72)/b17-15-,23-21-,54-50+. The second-order valence-corrected chi connectivity index (χ2v) is 23.5. The van der Waals surface area contributed by atoms with Gasteiger partial charge >= 0.3 is 5.97 Å². The first-order valence-electron chi connectivity index (χ1n) is 33.8. The van der Waals surface area contributed by atoms with Gasteiger partial charge in [-0.25, -0.2) is 0 Å². The minimum Gasteiger partial charge on any atom is -0.466 e. The van der Waals surface area contributed by atoms with Gasteiger partial charge < -0.3 is 45.1 Å². The second-order valence-electron chi connectivity index (χ2n) is 23.5. The number of allylic oxidation sites excluding steroid dienone is 5. The Hall–Kier alpha value is -2.12. The van der Waals surface area contributed by atoms with Gasteiger partial charge in [-0.05, 0) is 64.2 Å². The third kappa shape index (κ3) is 47.0. The molecular weight excluding hydrogens is 991 g/mol. The lowest BCUT2D eigenvalue weighted by Gasteiger charge is -2.40. The van der Waals surface area contributed by atoms with E-state index in [1.54, 1.807) is 6.08 Å². The van der Waals surface area contributed by atoms with E-state index in [-0.39, 0.29) is 18.5 Å². The Kier molecular flexibility index (Phi) is 54.7. The van der Waals surface area contributed by atoms with Gasteiger partial charge in [0.05, 0.1) is 32.0 Å². The maximum Gasteiger partial charge on any atom is 0.305 e. The Morgan fingerprint density at radius 2 is 0.848 bits per heavy atom. The van der Waals surface area contributed by atoms with Crippen LogP contribution in [-0.2, 0) is 23.8 Å². The molecule has 0 aromatic heterocycles. The lowest BCUT2D eigenvalue weighted by atomic mass is 9.99. The Balaban J connectivity index is 1.99. The molecule has 1 fully saturated rings. The molecule has 0 spiro atoms. The Labute approximate surface area is 485 Å². The van der Waals surface area contributed by atoms with Crippen LogP contribution in [0.3, 0.4) is 0 Å². The van der Waals surface area contributed by atoms with Crippen molar-refractivity contribution >= 4 is 11.9 Å². The number of rotatable bonds is 59. The number of nitrogens with one attached hydrogen (secondary N) is 1. The molecule has 1 heterocycles. The highest BCUT2D eigenvalue weighted by atomic mass is 16.7. The highest BCUT2D eigenvalue weighted by Crippen LogP contribution is 2.23. The first kappa shape index (κ1) is 74.9. The van der Waals surface area contributed by atoms with Gasteiger partial charge in [-0.15, -0.1) is 0 Å². The minimum absolute atomic E-state index is 0.00308. The first-order valence-corrected chi connectivity index (χ1v) is 33.8. The molecule has 11 nitrogen and oxygen atoms in total. The van der Waals surface area contributed by atoms with Gasteiger partial charge in [-0.1, -0.05) is 281 Å². The molecular formula is C68H127NO10. The molecule has 464 valence electrons. The molecule has 1 aliphatic rings. The van der Waals surface area contributed by atoms with Crippen LogP contribution >= 0.6 is 0 Å². The maximum absolute atomic E-state index is 13.0. The van der Waals surface area contributed by atoms with Gasteiger partial charge in [0.25, 0.3) is 0 Å². The number of carbonyl (C=O) groups is 2. The van der Waals surface area contributed by atoms with Crippen molar-refractivity contribution in [1.29, 1.82) is 0 Å². The summed E-state index contributed by atoms with van der Waals surface area (Å²) in [4.78, 5) is 25.0. The summed E-state index contributed by atoms with van der Waals surface area (Å²) in [5.41, 5.74) is 0. The number of carbonyl (C=O) groups excluding carboxylic acids is 2. The Morgan fingerprint density at radius 1 is 0.468 bits per heavy atom. The zero-order valence-corrected chi connectivity index (χ0v) is 51.3. The summed E-state index contributed by atoms with van der Waals surface area (Å²) < 4.78 is 16.7. The molecule has 0 bridgehead atoms. The average molecular weight is 1120 g/mol. The number of hydrogen-bond acceptors (Lipinski definition) is 10. The van der Waals surface area contributed by atoms with E-state index < -0.39 is 49.5 Å². The van der Waals surface area contributed by atoms with E-state index in [1.807, 2.05) is 6.08 Å². The van der Waals surface area contributed by atoms with E-state index in [4.69, 9.17) is 14.2 Å². The number of aliphatic hydroxyl groups excluding tert-OH is 5. The molecule has 0 radical (unpaired) electrons. The van der Waals surface area contributed by atoms with Gasteiger partial charge in [0.2, 0.25) is 5.91 Å². The van der Waals surface area contributed by atoms with Crippen LogP contribution in [0.4, 0.5) is 0 Å². The molecule has 0 aromatic carbocycles. The lowest BCUT2D eigenvalue weighted by Crippen LogP contribution is -2.60. The number of esters is 1. The molecule has 0 aliphatic carbocycles. The predicted octanol–water partition coefficient (Wildman–Crippen LogP) is 16.6. The van der Waals surface area contributed by atoms with Crippen LogP contribution < -0.4 is 5.32 Å². The highest BCUT2D eigenvalue weighted by Gasteiger charge is 2.44. The van der Waals surface area contributed by atoms with Crippen molar-refractivity contribution < 1.29 is 49.3 Å². The van der Waals surface area contributed by atoms with E-state index >= 15 is 0 Å². The van der Waals surface area contributed by atoms with E-state index in [9.17, 15) is 35.1 Å². The van der Waals surface area contributed by atoms with E-state index in [1.165, 1.54) is 231 Å².